The summed E-state index contributed by atoms with van der Waals surface area (Å²) in [6.07, 6.45) is 5.31. The molecule has 1 heteroatoms. The van der Waals surface area contributed by atoms with Crippen molar-refractivity contribution < 1.29 is 0 Å². The second kappa shape index (κ2) is 4.36. The summed E-state index contributed by atoms with van der Waals surface area (Å²) in [4.78, 5) is 0. The Bertz CT molecular complexity index is 300. The summed E-state index contributed by atoms with van der Waals surface area (Å²) in [5.41, 5.74) is 7.74. The molecule has 0 aromatic heterocycles. The lowest BCUT2D eigenvalue weighted by Gasteiger charge is -2.19. The van der Waals surface area contributed by atoms with Gasteiger partial charge in [-0.15, -0.1) is 0 Å². The smallest absolute Gasteiger partial charge is 0.00720 e. The summed E-state index contributed by atoms with van der Waals surface area (Å²) < 4.78 is 0. The van der Waals surface area contributed by atoms with Gasteiger partial charge in [0, 0.05) is 0 Å². The summed E-state index contributed by atoms with van der Waals surface area (Å²) in [6, 6.07) is 10.8. The molecule has 0 amide bonds. The van der Waals surface area contributed by atoms with Crippen LogP contribution in [0.2, 0.25) is 0 Å². The minimum atomic E-state index is 0.601. The van der Waals surface area contributed by atoms with E-state index >= 15 is 0 Å². The SMILES string of the molecule is CC(CC1(CCN)CC1)c1ccccc1. The predicted octanol–water partition coefficient (Wildman–Crippen LogP) is 3.31. The minimum absolute atomic E-state index is 0.601. The molecule has 15 heavy (non-hydrogen) atoms. The molecule has 2 N–H and O–H groups in total. The Hall–Kier alpha value is -0.820. The lowest BCUT2D eigenvalue weighted by atomic mass is 9.86. The number of nitrogens with two attached hydrogens (primary N) is 1. The quantitative estimate of drug-likeness (QED) is 0.780. The maximum Gasteiger partial charge on any atom is -0.00720 e. The highest BCUT2D eigenvalue weighted by molar-refractivity contribution is 5.19. The van der Waals surface area contributed by atoms with Crippen molar-refractivity contribution in [3.05, 3.63) is 35.9 Å². The van der Waals surface area contributed by atoms with E-state index in [1.54, 1.807) is 0 Å². The number of rotatable bonds is 5. The molecule has 0 saturated heterocycles. The molecule has 1 aliphatic carbocycles. The highest BCUT2D eigenvalue weighted by atomic mass is 14.6. The van der Waals surface area contributed by atoms with E-state index in [1.807, 2.05) is 0 Å². The summed E-state index contributed by atoms with van der Waals surface area (Å²) in [6.45, 7) is 3.19. The summed E-state index contributed by atoms with van der Waals surface area (Å²) >= 11 is 0. The van der Waals surface area contributed by atoms with Crippen molar-refractivity contribution in [1.29, 1.82) is 0 Å². The van der Waals surface area contributed by atoms with E-state index in [-0.39, 0.29) is 0 Å². The Morgan fingerprint density at radius 2 is 1.93 bits per heavy atom. The fourth-order valence-electron chi connectivity index (χ4n) is 2.59. The molecule has 0 aliphatic heterocycles. The zero-order valence-corrected chi connectivity index (χ0v) is 9.58. The van der Waals surface area contributed by atoms with Crippen molar-refractivity contribution in [1.82, 2.24) is 0 Å². The predicted molar refractivity (Wildman–Crippen MR) is 64.8 cm³/mol. The van der Waals surface area contributed by atoms with Gasteiger partial charge < -0.3 is 5.73 Å². The van der Waals surface area contributed by atoms with Gasteiger partial charge in [0.2, 0.25) is 0 Å². The number of hydrogen-bond acceptors (Lipinski definition) is 1. The van der Waals surface area contributed by atoms with Gasteiger partial charge in [-0.05, 0) is 49.1 Å². The molecular formula is C14H21N. The van der Waals surface area contributed by atoms with E-state index in [1.165, 1.54) is 31.2 Å². The van der Waals surface area contributed by atoms with E-state index in [9.17, 15) is 0 Å². The Labute approximate surface area is 92.7 Å². The molecule has 82 valence electrons. The second-order valence-electron chi connectivity index (χ2n) is 5.05. The van der Waals surface area contributed by atoms with Crippen LogP contribution in [0.25, 0.3) is 0 Å². The fourth-order valence-corrected chi connectivity index (χ4v) is 2.59. The second-order valence-corrected chi connectivity index (χ2v) is 5.05. The van der Waals surface area contributed by atoms with Crippen LogP contribution in [-0.2, 0) is 0 Å². The summed E-state index contributed by atoms with van der Waals surface area (Å²) in [5, 5.41) is 0. The van der Waals surface area contributed by atoms with E-state index in [4.69, 9.17) is 5.73 Å². The Morgan fingerprint density at radius 1 is 1.27 bits per heavy atom. The number of hydrogen-bond donors (Lipinski definition) is 1. The van der Waals surface area contributed by atoms with Gasteiger partial charge in [0.1, 0.15) is 0 Å². The molecule has 0 heterocycles. The van der Waals surface area contributed by atoms with Crippen molar-refractivity contribution in [3.8, 4) is 0 Å². The minimum Gasteiger partial charge on any atom is -0.330 e. The van der Waals surface area contributed by atoms with Gasteiger partial charge in [-0.25, -0.2) is 0 Å². The third-order valence-corrected chi connectivity index (χ3v) is 3.74. The van der Waals surface area contributed by atoms with E-state index < -0.39 is 0 Å². The Balaban J connectivity index is 1.95. The van der Waals surface area contributed by atoms with Gasteiger partial charge in [-0.2, -0.15) is 0 Å². The van der Waals surface area contributed by atoms with Gasteiger partial charge in [-0.1, -0.05) is 37.3 Å². The first-order valence-electron chi connectivity index (χ1n) is 6.01. The molecule has 1 aliphatic rings. The molecule has 1 fully saturated rings. The molecule has 2 rings (SSSR count). The molecule has 1 unspecified atom stereocenters. The van der Waals surface area contributed by atoms with Gasteiger partial charge >= 0.3 is 0 Å². The number of benzene rings is 1. The van der Waals surface area contributed by atoms with Crippen molar-refractivity contribution >= 4 is 0 Å². The molecule has 1 nitrogen and oxygen atoms in total. The van der Waals surface area contributed by atoms with E-state index in [2.05, 4.69) is 37.3 Å². The maximum atomic E-state index is 5.67. The molecule has 1 aromatic carbocycles. The third kappa shape index (κ3) is 2.60. The maximum absolute atomic E-state index is 5.67. The molecule has 0 spiro atoms. The van der Waals surface area contributed by atoms with Gasteiger partial charge in [0.25, 0.3) is 0 Å². The van der Waals surface area contributed by atoms with Crippen molar-refractivity contribution in [3.63, 3.8) is 0 Å². The molecule has 1 atom stereocenters. The van der Waals surface area contributed by atoms with Crippen LogP contribution in [0, 0.1) is 5.41 Å². The fraction of sp³-hybridized carbons (Fsp3) is 0.571. The van der Waals surface area contributed by atoms with Crippen LogP contribution in [0.15, 0.2) is 30.3 Å². The molecule has 0 bridgehead atoms. The van der Waals surface area contributed by atoms with Crippen LogP contribution >= 0.6 is 0 Å². The average Bonchev–Trinajstić information content (AvgIpc) is 3.00. The lowest BCUT2D eigenvalue weighted by Crippen LogP contribution is -2.12. The molecule has 0 radical (unpaired) electrons. The first-order valence-corrected chi connectivity index (χ1v) is 6.01. The standard InChI is InChI=1S/C14H21N/c1-12(13-5-3-2-4-6-13)11-14(7-8-14)9-10-15/h2-6,12H,7-11,15H2,1H3. The van der Waals surface area contributed by atoms with Gasteiger partial charge in [0.05, 0.1) is 0 Å². The third-order valence-electron chi connectivity index (χ3n) is 3.74. The zero-order chi connectivity index (χ0) is 10.7. The Morgan fingerprint density at radius 3 is 2.47 bits per heavy atom. The Kier molecular flexibility index (Phi) is 3.11. The van der Waals surface area contributed by atoms with Crippen LogP contribution in [0.3, 0.4) is 0 Å². The topological polar surface area (TPSA) is 26.0 Å². The van der Waals surface area contributed by atoms with Crippen LogP contribution in [0.5, 0.6) is 0 Å². The van der Waals surface area contributed by atoms with Crippen LogP contribution in [0.1, 0.15) is 44.1 Å². The summed E-state index contributed by atoms with van der Waals surface area (Å²) in [7, 11) is 0. The van der Waals surface area contributed by atoms with Crippen molar-refractivity contribution in [2.24, 2.45) is 11.1 Å². The lowest BCUT2D eigenvalue weighted by molar-refractivity contribution is 0.402. The highest BCUT2D eigenvalue weighted by Gasteiger charge is 2.42. The monoisotopic (exact) mass is 203 g/mol. The first kappa shape index (κ1) is 10.7. The highest BCUT2D eigenvalue weighted by Crippen LogP contribution is 2.54. The van der Waals surface area contributed by atoms with Crippen molar-refractivity contribution in [2.45, 2.75) is 38.5 Å². The van der Waals surface area contributed by atoms with E-state index in [0.29, 0.717) is 11.3 Å². The summed E-state index contributed by atoms with van der Waals surface area (Å²) in [5.74, 6) is 0.681. The average molecular weight is 203 g/mol. The van der Waals surface area contributed by atoms with Gasteiger partial charge in [-0.3, -0.25) is 0 Å². The zero-order valence-electron chi connectivity index (χ0n) is 9.58. The van der Waals surface area contributed by atoms with Crippen LogP contribution in [0.4, 0.5) is 0 Å². The van der Waals surface area contributed by atoms with E-state index in [0.717, 1.165) is 6.54 Å². The van der Waals surface area contributed by atoms with Crippen LogP contribution < -0.4 is 5.73 Å². The van der Waals surface area contributed by atoms with Crippen LogP contribution in [-0.4, -0.2) is 6.54 Å². The molecular weight excluding hydrogens is 182 g/mol. The largest absolute Gasteiger partial charge is 0.330 e. The molecule has 1 saturated carbocycles. The molecule has 1 aromatic rings. The normalized spacial score (nSPS) is 19.9. The first-order chi connectivity index (χ1) is 7.26. The van der Waals surface area contributed by atoms with Crippen molar-refractivity contribution in [2.75, 3.05) is 6.54 Å². The van der Waals surface area contributed by atoms with Gasteiger partial charge in [0.15, 0.2) is 0 Å².